The number of nitrogens with zero attached hydrogens (tertiary/aromatic N) is 3. The fraction of sp³-hybridized carbons (Fsp3) is 0.222. The molecule has 1 aliphatic rings. The number of benzene rings is 1. The van der Waals surface area contributed by atoms with Gasteiger partial charge in [0.1, 0.15) is 11.0 Å². The van der Waals surface area contributed by atoms with Gasteiger partial charge in [-0.2, -0.15) is 0 Å². The molecular formula is C18H15ClN4O3S. The first-order valence-corrected chi connectivity index (χ1v) is 9.56. The third kappa shape index (κ3) is 3.72. The fourth-order valence-electron chi connectivity index (χ4n) is 3.00. The topological polar surface area (TPSA) is 88.3 Å². The van der Waals surface area contributed by atoms with E-state index in [-0.39, 0.29) is 17.6 Å². The zero-order valence-electron chi connectivity index (χ0n) is 14.1. The molecule has 1 saturated heterocycles. The number of carbonyl (C=O) groups is 2. The Morgan fingerprint density at radius 1 is 1.22 bits per heavy atom. The van der Waals surface area contributed by atoms with Crippen molar-refractivity contribution in [2.45, 2.75) is 18.9 Å². The van der Waals surface area contributed by atoms with Crippen molar-refractivity contribution < 1.29 is 14.0 Å². The molecule has 0 spiro atoms. The Labute approximate surface area is 164 Å². The number of carbonyl (C=O) groups excluding carboxylic acids is 2. The molecule has 0 radical (unpaired) electrons. The van der Waals surface area contributed by atoms with Gasteiger partial charge in [-0.05, 0) is 37.1 Å². The summed E-state index contributed by atoms with van der Waals surface area (Å²) in [6, 6.07) is 9.92. The molecule has 7 nitrogen and oxygen atoms in total. The van der Waals surface area contributed by atoms with Crippen LogP contribution in [0.15, 0.2) is 47.1 Å². The van der Waals surface area contributed by atoms with Crippen molar-refractivity contribution >= 4 is 39.9 Å². The summed E-state index contributed by atoms with van der Waals surface area (Å²) in [5.41, 5.74) is 0.868. The molecule has 9 heteroatoms. The molecule has 2 aromatic heterocycles. The lowest BCUT2D eigenvalue weighted by atomic mass is 10.2. The van der Waals surface area contributed by atoms with Crippen molar-refractivity contribution in [2.24, 2.45) is 0 Å². The van der Waals surface area contributed by atoms with Crippen LogP contribution in [0.4, 0.5) is 5.13 Å². The van der Waals surface area contributed by atoms with Crippen molar-refractivity contribution in [3.05, 3.63) is 53.4 Å². The van der Waals surface area contributed by atoms with Crippen molar-refractivity contribution in [3.63, 3.8) is 0 Å². The number of halogens is 1. The van der Waals surface area contributed by atoms with E-state index in [2.05, 4.69) is 15.5 Å². The Bertz CT molecular complexity index is 955. The van der Waals surface area contributed by atoms with Crippen molar-refractivity contribution in [2.75, 3.05) is 11.9 Å². The number of hydrogen-bond donors (Lipinski definition) is 1. The van der Waals surface area contributed by atoms with Crippen LogP contribution in [0, 0.1) is 0 Å². The van der Waals surface area contributed by atoms with Crippen LogP contribution in [-0.2, 0) is 4.79 Å². The summed E-state index contributed by atoms with van der Waals surface area (Å²) in [5.74, 6) is -0.321. The van der Waals surface area contributed by atoms with E-state index in [1.165, 1.54) is 22.5 Å². The first kappa shape index (κ1) is 17.7. The van der Waals surface area contributed by atoms with Gasteiger partial charge in [0.2, 0.25) is 11.0 Å². The maximum absolute atomic E-state index is 12.7. The second-order valence-electron chi connectivity index (χ2n) is 6.04. The van der Waals surface area contributed by atoms with Crippen LogP contribution >= 0.6 is 22.9 Å². The molecule has 138 valence electrons. The van der Waals surface area contributed by atoms with Crippen LogP contribution in [0.25, 0.3) is 10.6 Å². The minimum Gasteiger partial charge on any atom is -0.459 e. The summed E-state index contributed by atoms with van der Waals surface area (Å²) in [7, 11) is 0. The van der Waals surface area contributed by atoms with Crippen LogP contribution in [0.2, 0.25) is 5.02 Å². The van der Waals surface area contributed by atoms with E-state index in [4.69, 9.17) is 16.0 Å². The molecule has 0 aliphatic carbocycles. The number of amides is 2. The minimum atomic E-state index is -0.550. The zero-order valence-corrected chi connectivity index (χ0v) is 15.7. The molecule has 1 fully saturated rings. The number of rotatable bonds is 4. The molecule has 2 amide bonds. The lowest BCUT2D eigenvalue weighted by Crippen LogP contribution is -2.43. The predicted octanol–water partition coefficient (Wildman–Crippen LogP) is 3.69. The molecule has 3 aromatic rings. The molecule has 1 aromatic carbocycles. The summed E-state index contributed by atoms with van der Waals surface area (Å²) >= 11 is 7.16. The monoisotopic (exact) mass is 402 g/mol. The van der Waals surface area contributed by atoms with E-state index in [1.807, 2.05) is 12.1 Å². The standard InChI is InChI=1S/C18H15ClN4O3S/c19-12-7-5-11(6-8-12)16-21-22-18(27-16)20-15(24)13-3-1-9-23(13)17(25)14-4-2-10-26-14/h2,4-8,10,13H,1,3,9H2,(H,20,22,24). The van der Waals surface area contributed by atoms with E-state index >= 15 is 0 Å². The van der Waals surface area contributed by atoms with Gasteiger partial charge in [-0.3, -0.25) is 14.9 Å². The zero-order chi connectivity index (χ0) is 18.8. The Hall–Kier alpha value is -2.71. The van der Waals surface area contributed by atoms with Crippen molar-refractivity contribution in [3.8, 4) is 10.6 Å². The molecule has 0 bridgehead atoms. The molecule has 4 rings (SSSR count). The van der Waals surface area contributed by atoms with E-state index in [0.717, 1.165) is 12.0 Å². The van der Waals surface area contributed by atoms with E-state index in [9.17, 15) is 9.59 Å². The highest BCUT2D eigenvalue weighted by Gasteiger charge is 2.35. The van der Waals surface area contributed by atoms with Crippen LogP contribution in [0.3, 0.4) is 0 Å². The average Bonchev–Trinajstić information content (AvgIpc) is 3.42. The summed E-state index contributed by atoms with van der Waals surface area (Å²) < 4.78 is 5.16. The largest absolute Gasteiger partial charge is 0.459 e. The Morgan fingerprint density at radius 2 is 2.04 bits per heavy atom. The van der Waals surface area contributed by atoms with Gasteiger partial charge in [-0.1, -0.05) is 35.1 Å². The third-order valence-corrected chi connectivity index (χ3v) is 5.43. The summed E-state index contributed by atoms with van der Waals surface area (Å²) in [6.45, 7) is 0.518. The molecule has 1 atom stereocenters. The quantitative estimate of drug-likeness (QED) is 0.718. The van der Waals surface area contributed by atoms with E-state index in [1.54, 1.807) is 24.3 Å². The lowest BCUT2D eigenvalue weighted by molar-refractivity contribution is -0.119. The highest BCUT2D eigenvalue weighted by atomic mass is 35.5. The normalized spacial score (nSPS) is 16.5. The summed E-state index contributed by atoms with van der Waals surface area (Å²) in [5, 5.41) is 12.6. The maximum Gasteiger partial charge on any atom is 0.290 e. The fourth-order valence-corrected chi connectivity index (χ4v) is 3.87. The molecular weight excluding hydrogens is 388 g/mol. The van der Waals surface area contributed by atoms with Crippen LogP contribution in [0.5, 0.6) is 0 Å². The predicted molar refractivity (Wildman–Crippen MR) is 102 cm³/mol. The van der Waals surface area contributed by atoms with Crippen LogP contribution < -0.4 is 5.32 Å². The first-order valence-electron chi connectivity index (χ1n) is 8.36. The number of hydrogen-bond acceptors (Lipinski definition) is 6. The van der Waals surface area contributed by atoms with Gasteiger partial charge in [-0.25, -0.2) is 0 Å². The van der Waals surface area contributed by atoms with Gasteiger partial charge < -0.3 is 9.32 Å². The van der Waals surface area contributed by atoms with Gasteiger partial charge in [0.25, 0.3) is 5.91 Å². The van der Waals surface area contributed by atoms with Crippen molar-refractivity contribution in [1.29, 1.82) is 0 Å². The highest BCUT2D eigenvalue weighted by molar-refractivity contribution is 7.18. The second-order valence-corrected chi connectivity index (χ2v) is 7.46. The molecule has 0 saturated carbocycles. The van der Waals surface area contributed by atoms with Gasteiger partial charge in [0.05, 0.1) is 6.26 Å². The van der Waals surface area contributed by atoms with E-state index < -0.39 is 6.04 Å². The van der Waals surface area contributed by atoms with Gasteiger partial charge >= 0.3 is 0 Å². The minimum absolute atomic E-state index is 0.232. The molecule has 1 aliphatic heterocycles. The number of likely N-dealkylation sites (tertiary alicyclic amines) is 1. The number of nitrogens with one attached hydrogen (secondary N) is 1. The second kappa shape index (κ2) is 7.50. The summed E-state index contributed by atoms with van der Waals surface area (Å²) in [4.78, 5) is 26.7. The summed E-state index contributed by atoms with van der Waals surface area (Å²) in [6.07, 6.45) is 2.80. The van der Waals surface area contributed by atoms with Crippen molar-refractivity contribution in [1.82, 2.24) is 15.1 Å². The molecule has 1 N–H and O–H groups in total. The maximum atomic E-state index is 12.7. The number of anilines is 1. The SMILES string of the molecule is O=C(Nc1nnc(-c2ccc(Cl)cc2)s1)C1CCCN1C(=O)c1ccco1. The van der Waals surface area contributed by atoms with E-state index in [0.29, 0.717) is 28.1 Å². The third-order valence-electron chi connectivity index (χ3n) is 4.29. The molecule has 3 heterocycles. The first-order chi connectivity index (χ1) is 13.1. The Balaban J connectivity index is 1.46. The smallest absolute Gasteiger partial charge is 0.290 e. The Kier molecular flexibility index (Phi) is 4.91. The number of aromatic nitrogens is 2. The van der Waals surface area contributed by atoms with Gasteiger partial charge in [0, 0.05) is 17.1 Å². The van der Waals surface area contributed by atoms with Crippen LogP contribution in [-0.4, -0.2) is 39.5 Å². The highest BCUT2D eigenvalue weighted by Crippen LogP contribution is 2.28. The number of furan rings is 1. The molecule has 1 unspecified atom stereocenters. The van der Waals surface area contributed by atoms with Gasteiger partial charge in [0.15, 0.2) is 5.76 Å². The van der Waals surface area contributed by atoms with Gasteiger partial charge in [-0.15, -0.1) is 10.2 Å². The van der Waals surface area contributed by atoms with Crippen LogP contribution in [0.1, 0.15) is 23.4 Å². The average molecular weight is 403 g/mol. The molecule has 27 heavy (non-hydrogen) atoms. The lowest BCUT2D eigenvalue weighted by Gasteiger charge is -2.22. The Morgan fingerprint density at radius 3 is 2.78 bits per heavy atom.